The van der Waals surface area contributed by atoms with Gasteiger partial charge in [-0.3, -0.25) is 0 Å². The molecule has 0 bridgehead atoms. The van der Waals surface area contributed by atoms with E-state index in [1.807, 2.05) is 0 Å². The number of unbranched alkanes of at least 4 members (excludes halogenated alkanes) is 1. The summed E-state index contributed by atoms with van der Waals surface area (Å²) in [6.45, 7) is 5.98. The number of aliphatic hydroxyl groups is 1. The summed E-state index contributed by atoms with van der Waals surface area (Å²) in [4.78, 5) is 0. The van der Waals surface area contributed by atoms with Crippen LogP contribution in [-0.4, -0.2) is 18.3 Å². The van der Waals surface area contributed by atoms with Crippen LogP contribution in [0.4, 0.5) is 0 Å². The average Bonchev–Trinajstić information content (AvgIpc) is 2.37. The normalized spacial score (nSPS) is 21.6. The monoisotopic (exact) mass is 247 g/mol. The second kappa shape index (κ2) is 5.85. The minimum atomic E-state index is 0.302. The van der Waals surface area contributed by atoms with E-state index in [1.54, 1.807) is 0 Å². The third-order valence-corrected chi connectivity index (χ3v) is 4.10. The second-order valence-electron chi connectivity index (χ2n) is 5.95. The van der Waals surface area contributed by atoms with Gasteiger partial charge in [-0.2, -0.15) is 0 Å². The fourth-order valence-corrected chi connectivity index (χ4v) is 2.94. The van der Waals surface area contributed by atoms with E-state index in [-0.39, 0.29) is 0 Å². The van der Waals surface area contributed by atoms with Gasteiger partial charge in [-0.15, -0.1) is 0 Å². The van der Waals surface area contributed by atoms with Gasteiger partial charge in [-0.25, -0.2) is 0 Å². The van der Waals surface area contributed by atoms with Crippen LogP contribution in [0.2, 0.25) is 0 Å². The van der Waals surface area contributed by atoms with Gasteiger partial charge in [0.25, 0.3) is 0 Å². The standard InChI is InChI=1S/C16H25NO/c1-16(2)10-9-15(17-11-5-6-12-18)13-7-3-4-8-14(13)16/h3-4,7-8,15,17-18H,5-6,9-12H2,1-2H3. The number of hydrogen-bond donors (Lipinski definition) is 2. The first-order valence-electron chi connectivity index (χ1n) is 7.09. The molecule has 2 nitrogen and oxygen atoms in total. The summed E-state index contributed by atoms with van der Waals surface area (Å²) in [6.07, 6.45) is 4.40. The van der Waals surface area contributed by atoms with Crippen molar-refractivity contribution in [2.75, 3.05) is 13.2 Å². The van der Waals surface area contributed by atoms with E-state index in [4.69, 9.17) is 5.11 Å². The van der Waals surface area contributed by atoms with Crippen LogP contribution in [0.15, 0.2) is 24.3 Å². The predicted octanol–water partition coefficient (Wildman–Crippen LogP) is 3.16. The molecule has 0 aromatic heterocycles. The Hall–Kier alpha value is -0.860. The minimum absolute atomic E-state index is 0.302. The van der Waals surface area contributed by atoms with Crippen molar-refractivity contribution in [3.05, 3.63) is 35.4 Å². The highest BCUT2D eigenvalue weighted by Gasteiger charge is 2.31. The Balaban J connectivity index is 2.06. The van der Waals surface area contributed by atoms with Gasteiger partial charge in [0.2, 0.25) is 0 Å². The summed E-state index contributed by atoms with van der Waals surface area (Å²) in [5, 5.41) is 12.4. The Kier molecular flexibility index (Phi) is 4.41. The van der Waals surface area contributed by atoms with Crippen LogP contribution in [0.3, 0.4) is 0 Å². The Morgan fingerprint density at radius 2 is 2.06 bits per heavy atom. The van der Waals surface area contributed by atoms with Gasteiger partial charge in [0.1, 0.15) is 0 Å². The summed E-state index contributed by atoms with van der Waals surface area (Å²) < 4.78 is 0. The van der Waals surface area contributed by atoms with E-state index in [0.717, 1.165) is 19.4 Å². The zero-order valence-electron chi connectivity index (χ0n) is 11.6. The number of fused-ring (bicyclic) bond motifs is 1. The minimum Gasteiger partial charge on any atom is -0.396 e. The second-order valence-corrected chi connectivity index (χ2v) is 5.95. The van der Waals surface area contributed by atoms with Crippen molar-refractivity contribution >= 4 is 0 Å². The zero-order valence-corrected chi connectivity index (χ0v) is 11.6. The molecule has 0 spiro atoms. The quantitative estimate of drug-likeness (QED) is 0.783. The number of hydrogen-bond acceptors (Lipinski definition) is 2. The lowest BCUT2D eigenvalue weighted by Crippen LogP contribution is -2.33. The van der Waals surface area contributed by atoms with Gasteiger partial charge in [0.15, 0.2) is 0 Å². The van der Waals surface area contributed by atoms with Crippen molar-refractivity contribution in [3.8, 4) is 0 Å². The molecule has 0 heterocycles. The zero-order chi connectivity index (χ0) is 13.0. The van der Waals surface area contributed by atoms with E-state index in [2.05, 4.69) is 43.4 Å². The molecule has 0 saturated heterocycles. The number of nitrogens with one attached hydrogen (secondary N) is 1. The van der Waals surface area contributed by atoms with Crippen molar-refractivity contribution in [3.63, 3.8) is 0 Å². The number of aliphatic hydroxyl groups excluding tert-OH is 1. The topological polar surface area (TPSA) is 32.3 Å². The summed E-state index contributed by atoms with van der Waals surface area (Å²) in [7, 11) is 0. The van der Waals surface area contributed by atoms with E-state index < -0.39 is 0 Å². The van der Waals surface area contributed by atoms with Crippen LogP contribution >= 0.6 is 0 Å². The van der Waals surface area contributed by atoms with Gasteiger partial charge in [0, 0.05) is 12.6 Å². The molecule has 0 radical (unpaired) electrons. The molecule has 1 atom stereocenters. The maximum Gasteiger partial charge on any atom is 0.0431 e. The highest BCUT2D eigenvalue weighted by molar-refractivity contribution is 5.38. The maximum atomic E-state index is 8.80. The molecule has 1 aromatic rings. The van der Waals surface area contributed by atoms with Gasteiger partial charge in [-0.1, -0.05) is 38.1 Å². The first kappa shape index (κ1) is 13.6. The van der Waals surface area contributed by atoms with E-state index in [0.29, 0.717) is 18.1 Å². The highest BCUT2D eigenvalue weighted by Crippen LogP contribution is 2.41. The molecule has 1 aliphatic carbocycles. The number of benzene rings is 1. The van der Waals surface area contributed by atoms with Crippen molar-refractivity contribution in [1.29, 1.82) is 0 Å². The van der Waals surface area contributed by atoms with Crippen LogP contribution in [-0.2, 0) is 5.41 Å². The van der Waals surface area contributed by atoms with E-state index >= 15 is 0 Å². The third kappa shape index (κ3) is 2.93. The molecule has 18 heavy (non-hydrogen) atoms. The van der Waals surface area contributed by atoms with Crippen molar-refractivity contribution in [1.82, 2.24) is 5.32 Å². The molecule has 2 heteroatoms. The molecule has 1 aliphatic rings. The summed E-state index contributed by atoms with van der Waals surface area (Å²) in [6, 6.07) is 9.32. The Labute approximate surface area is 110 Å². The van der Waals surface area contributed by atoms with Crippen molar-refractivity contribution in [2.24, 2.45) is 0 Å². The van der Waals surface area contributed by atoms with Crippen LogP contribution in [0.25, 0.3) is 0 Å². The Morgan fingerprint density at radius 1 is 1.28 bits per heavy atom. The van der Waals surface area contributed by atoms with E-state index in [9.17, 15) is 0 Å². The van der Waals surface area contributed by atoms with Crippen LogP contribution in [0.5, 0.6) is 0 Å². The van der Waals surface area contributed by atoms with Crippen molar-refractivity contribution < 1.29 is 5.11 Å². The van der Waals surface area contributed by atoms with Crippen LogP contribution in [0.1, 0.15) is 56.7 Å². The van der Waals surface area contributed by atoms with E-state index in [1.165, 1.54) is 24.0 Å². The molecule has 0 amide bonds. The van der Waals surface area contributed by atoms with Crippen LogP contribution < -0.4 is 5.32 Å². The molecule has 100 valence electrons. The fourth-order valence-electron chi connectivity index (χ4n) is 2.94. The first-order valence-corrected chi connectivity index (χ1v) is 7.09. The summed E-state index contributed by atoms with van der Waals surface area (Å²) in [5.41, 5.74) is 3.27. The molecule has 2 N–H and O–H groups in total. The molecule has 0 fully saturated rings. The first-order chi connectivity index (χ1) is 8.65. The molecule has 1 aromatic carbocycles. The third-order valence-electron chi connectivity index (χ3n) is 4.10. The molecule has 2 rings (SSSR count). The Bertz CT molecular complexity index is 386. The Morgan fingerprint density at radius 3 is 2.83 bits per heavy atom. The SMILES string of the molecule is CC1(C)CCC(NCCCCO)c2ccccc21. The lowest BCUT2D eigenvalue weighted by atomic mass is 9.71. The lowest BCUT2D eigenvalue weighted by Gasteiger charge is -2.37. The summed E-state index contributed by atoms with van der Waals surface area (Å²) >= 11 is 0. The fraction of sp³-hybridized carbons (Fsp3) is 0.625. The predicted molar refractivity (Wildman–Crippen MR) is 75.8 cm³/mol. The maximum absolute atomic E-state index is 8.80. The molecular formula is C16H25NO. The average molecular weight is 247 g/mol. The van der Waals surface area contributed by atoms with Gasteiger partial charge < -0.3 is 10.4 Å². The molecular weight excluding hydrogens is 222 g/mol. The van der Waals surface area contributed by atoms with Gasteiger partial charge in [-0.05, 0) is 48.8 Å². The largest absolute Gasteiger partial charge is 0.396 e. The molecule has 0 saturated carbocycles. The highest BCUT2D eigenvalue weighted by atomic mass is 16.2. The smallest absolute Gasteiger partial charge is 0.0431 e. The molecule has 0 aliphatic heterocycles. The van der Waals surface area contributed by atoms with Crippen LogP contribution in [0, 0.1) is 0 Å². The van der Waals surface area contributed by atoms with Crippen molar-refractivity contribution in [2.45, 2.75) is 51.0 Å². The molecule has 1 unspecified atom stereocenters. The van der Waals surface area contributed by atoms with Gasteiger partial charge in [0.05, 0.1) is 0 Å². The lowest BCUT2D eigenvalue weighted by molar-refractivity contribution is 0.280. The summed E-state index contributed by atoms with van der Waals surface area (Å²) in [5.74, 6) is 0. The van der Waals surface area contributed by atoms with Gasteiger partial charge >= 0.3 is 0 Å². The number of rotatable bonds is 5.